The minimum atomic E-state index is -4.22. The topological polar surface area (TPSA) is 132 Å². The molecule has 2 heterocycles. The maximum Gasteiger partial charge on any atom is 0.315 e. The Kier molecular flexibility index (Phi) is 5.27. The van der Waals surface area contributed by atoms with Crippen LogP contribution in [0.25, 0.3) is 11.0 Å². The molecule has 0 spiro atoms. The van der Waals surface area contributed by atoms with Crippen LogP contribution in [0.2, 0.25) is 5.02 Å². The first-order chi connectivity index (χ1) is 16.1. The zero-order chi connectivity index (χ0) is 24.1. The fourth-order valence-corrected chi connectivity index (χ4v) is 5.74. The number of esters is 1. The summed E-state index contributed by atoms with van der Waals surface area (Å²) in [6, 6.07) is 16.2. The summed E-state index contributed by atoms with van der Waals surface area (Å²) in [6.45, 7) is 0. The van der Waals surface area contributed by atoms with Gasteiger partial charge in [-0.2, -0.15) is 8.42 Å². The van der Waals surface area contributed by atoms with E-state index in [2.05, 4.69) is 9.44 Å². The monoisotopic (exact) mass is 518 g/mol. The number of sulfonamides is 2. The summed E-state index contributed by atoms with van der Waals surface area (Å²) in [5.74, 6) is -0.313. The minimum Gasteiger partial charge on any atom is -0.443 e. The van der Waals surface area contributed by atoms with Gasteiger partial charge in [-0.15, -0.1) is 0 Å². The molecule has 0 fully saturated rings. The van der Waals surface area contributed by atoms with Gasteiger partial charge >= 0.3 is 5.97 Å². The number of hydrogen-bond donors (Lipinski definition) is 2. The zero-order valence-corrected chi connectivity index (χ0v) is 19.5. The van der Waals surface area contributed by atoms with Crippen LogP contribution < -0.4 is 14.2 Å². The van der Waals surface area contributed by atoms with Crippen molar-refractivity contribution < 1.29 is 30.8 Å². The Morgan fingerprint density at radius 2 is 1.59 bits per heavy atom. The number of furan rings is 1. The second-order valence-corrected chi connectivity index (χ2v) is 11.2. The molecule has 0 atom stereocenters. The van der Waals surface area contributed by atoms with Crippen molar-refractivity contribution in [1.82, 2.24) is 0 Å². The van der Waals surface area contributed by atoms with Crippen LogP contribution in [0.5, 0.6) is 5.75 Å². The highest BCUT2D eigenvalue weighted by Gasteiger charge is 2.26. The van der Waals surface area contributed by atoms with Crippen LogP contribution in [0.3, 0.4) is 0 Å². The third kappa shape index (κ3) is 4.20. The molecule has 0 aliphatic carbocycles. The first kappa shape index (κ1) is 22.3. The number of para-hydroxylation sites is 1. The fraction of sp³-hybridized carbons (Fsp3) is 0.0455. The highest BCUT2D eigenvalue weighted by molar-refractivity contribution is 7.93. The van der Waals surface area contributed by atoms with Crippen molar-refractivity contribution in [2.45, 2.75) is 16.4 Å². The van der Waals surface area contributed by atoms with Crippen molar-refractivity contribution in [3.05, 3.63) is 77.3 Å². The molecule has 3 aromatic carbocycles. The van der Waals surface area contributed by atoms with Crippen LogP contribution in [-0.2, 0) is 31.3 Å². The molecule has 0 radical (unpaired) electrons. The molecule has 0 bridgehead atoms. The van der Waals surface area contributed by atoms with E-state index in [1.807, 2.05) is 0 Å². The third-order valence-corrected chi connectivity index (χ3v) is 7.86. The lowest BCUT2D eigenvalue weighted by Gasteiger charge is -2.14. The van der Waals surface area contributed by atoms with Gasteiger partial charge < -0.3 is 9.15 Å². The van der Waals surface area contributed by atoms with E-state index in [1.165, 1.54) is 42.5 Å². The smallest absolute Gasteiger partial charge is 0.315 e. The van der Waals surface area contributed by atoms with Crippen molar-refractivity contribution in [3.8, 4) is 5.75 Å². The predicted molar refractivity (Wildman–Crippen MR) is 125 cm³/mol. The molecular weight excluding hydrogens is 504 g/mol. The number of hydrogen-bond acceptors (Lipinski definition) is 7. The summed E-state index contributed by atoms with van der Waals surface area (Å²) >= 11 is 6.04. The molecule has 0 saturated heterocycles. The maximum absolute atomic E-state index is 13.0. The van der Waals surface area contributed by atoms with Gasteiger partial charge in [0.15, 0.2) is 0 Å². The summed E-state index contributed by atoms with van der Waals surface area (Å²) < 4.78 is 67.0. The minimum absolute atomic E-state index is 0.0635. The molecule has 12 heteroatoms. The highest BCUT2D eigenvalue weighted by atomic mass is 35.5. The molecule has 1 aliphatic heterocycles. The first-order valence-electron chi connectivity index (χ1n) is 9.78. The number of rotatable bonds is 6. The third-order valence-electron chi connectivity index (χ3n) is 5.05. The lowest BCUT2D eigenvalue weighted by molar-refractivity contribution is -0.131. The average Bonchev–Trinajstić information content (AvgIpc) is 3.38. The van der Waals surface area contributed by atoms with Gasteiger partial charge in [0, 0.05) is 28.1 Å². The van der Waals surface area contributed by atoms with E-state index in [1.54, 1.807) is 24.3 Å². The summed E-state index contributed by atoms with van der Waals surface area (Å²) in [4.78, 5) is 11.3. The summed E-state index contributed by atoms with van der Waals surface area (Å²) in [5, 5.41) is 0.421. The number of nitrogens with one attached hydrogen (secondary N) is 2. The maximum atomic E-state index is 13.0. The van der Waals surface area contributed by atoms with E-state index in [-0.39, 0.29) is 38.6 Å². The Labute approximate surface area is 199 Å². The number of fused-ring (bicyclic) bond motifs is 2. The highest BCUT2D eigenvalue weighted by Crippen LogP contribution is 2.33. The SMILES string of the molecule is O=C1Cc2ccc(S(=O)(=O)Nc3ccc(Cl)cc3NS(=O)(=O)c3cc4ccccc4o3)cc2O1. The summed E-state index contributed by atoms with van der Waals surface area (Å²) in [5.41, 5.74) is 0.785. The average molecular weight is 519 g/mol. The van der Waals surface area contributed by atoms with E-state index < -0.39 is 26.0 Å². The van der Waals surface area contributed by atoms with Crippen molar-refractivity contribution >= 4 is 60.0 Å². The van der Waals surface area contributed by atoms with Gasteiger partial charge in [-0.3, -0.25) is 14.2 Å². The standard InChI is InChI=1S/C22H15ClN2O7S2/c23-15-6-8-17(24-33(27,28)16-7-5-14-9-21(26)31-20(14)12-16)18(11-15)25-34(29,30)22-10-13-3-1-2-4-19(13)32-22/h1-8,10-12,24-25H,9H2. The van der Waals surface area contributed by atoms with E-state index >= 15 is 0 Å². The van der Waals surface area contributed by atoms with Crippen molar-refractivity contribution in [3.63, 3.8) is 0 Å². The number of carbonyl (C=O) groups excluding carboxylic acids is 1. The van der Waals surface area contributed by atoms with Crippen molar-refractivity contribution in [1.29, 1.82) is 0 Å². The Hall–Kier alpha value is -3.54. The number of ether oxygens (including phenoxy) is 1. The Morgan fingerprint density at radius 3 is 2.38 bits per heavy atom. The largest absolute Gasteiger partial charge is 0.443 e. The fourth-order valence-electron chi connectivity index (χ4n) is 3.44. The second-order valence-electron chi connectivity index (χ2n) is 7.42. The van der Waals surface area contributed by atoms with Crippen LogP contribution in [0, 0.1) is 0 Å². The molecule has 0 amide bonds. The first-order valence-corrected chi connectivity index (χ1v) is 13.1. The molecule has 1 aromatic heterocycles. The summed E-state index contributed by atoms with van der Waals surface area (Å²) in [6.07, 6.45) is 0.0635. The molecule has 4 aromatic rings. The quantitative estimate of drug-likeness (QED) is 0.289. The molecule has 0 unspecified atom stereocenters. The lowest BCUT2D eigenvalue weighted by Crippen LogP contribution is -2.17. The number of benzene rings is 3. The molecule has 2 N–H and O–H groups in total. The van der Waals surface area contributed by atoms with Gasteiger partial charge in [-0.1, -0.05) is 35.9 Å². The number of anilines is 2. The molecule has 9 nitrogen and oxygen atoms in total. The molecule has 34 heavy (non-hydrogen) atoms. The van der Waals surface area contributed by atoms with Crippen LogP contribution >= 0.6 is 11.6 Å². The summed E-state index contributed by atoms with van der Waals surface area (Å²) in [7, 11) is -8.39. The van der Waals surface area contributed by atoms with Crippen molar-refractivity contribution in [2.24, 2.45) is 0 Å². The van der Waals surface area contributed by atoms with Crippen LogP contribution in [0.4, 0.5) is 11.4 Å². The van der Waals surface area contributed by atoms with Gasteiger partial charge in [-0.05, 0) is 30.3 Å². The molecule has 0 saturated carbocycles. The van der Waals surface area contributed by atoms with Gasteiger partial charge in [0.1, 0.15) is 11.3 Å². The number of halogens is 1. The Balaban J connectivity index is 1.47. The predicted octanol–water partition coefficient (Wildman–Crippen LogP) is 4.15. The zero-order valence-electron chi connectivity index (χ0n) is 17.1. The van der Waals surface area contributed by atoms with E-state index in [0.29, 0.717) is 16.5 Å². The Bertz CT molecular complexity index is 1650. The Morgan fingerprint density at radius 1 is 0.824 bits per heavy atom. The number of carbonyl (C=O) groups is 1. The molecular formula is C22H15ClN2O7S2. The normalized spacial score (nSPS) is 13.5. The molecule has 174 valence electrons. The van der Waals surface area contributed by atoms with E-state index in [0.717, 1.165) is 0 Å². The van der Waals surface area contributed by atoms with E-state index in [9.17, 15) is 21.6 Å². The van der Waals surface area contributed by atoms with Gasteiger partial charge in [0.05, 0.1) is 22.7 Å². The molecule has 5 rings (SSSR count). The van der Waals surface area contributed by atoms with Crippen LogP contribution in [0.1, 0.15) is 5.56 Å². The van der Waals surface area contributed by atoms with Gasteiger partial charge in [0.2, 0.25) is 5.09 Å². The van der Waals surface area contributed by atoms with Crippen LogP contribution in [-0.4, -0.2) is 22.8 Å². The van der Waals surface area contributed by atoms with Crippen LogP contribution in [0.15, 0.2) is 81.1 Å². The lowest BCUT2D eigenvalue weighted by atomic mass is 10.2. The van der Waals surface area contributed by atoms with Gasteiger partial charge in [0.25, 0.3) is 20.0 Å². The van der Waals surface area contributed by atoms with Crippen molar-refractivity contribution in [2.75, 3.05) is 9.44 Å². The van der Waals surface area contributed by atoms with Gasteiger partial charge in [-0.25, -0.2) is 8.42 Å². The molecule has 1 aliphatic rings. The van der Waals surface area contributed by atoms with E-state index in [4.69, 9.17) is 20.8 Å². The second kappa shape index (κ2) is 8.05.